The highest BCUT2D eigenvalue weighted by atomic mass is 19.1. The van der Waals surface area contributed by atoms with Crippen molar-refractivity contribution in [2.75, 3.05) is 18.0 Å². The minimum absolute atomic E-state index is 0.140. The molecule has 1 amide bonds. The number of pyridine rings is 1. The van der Waals surface area contributed by atoms with Gasteiger partial charge in [0.15, 0.2) is 0 Å². The van der Waals surface area contributed by atoms with Crippen LogP contribution in [0.2, 0.25) is 0 Å². The Morgan fingerprint density at radius 1 is 1.42 bits per heavy atom. The van der Waals surface area contributed by atoms with Crippen molar-refractivity contribution in [3.63, 3.8) is 0 Å². The van der Waals surface area contributed by atoms with Crippen LogP contribution in [0.15, 0.2) is 42.6 Å². The molecule has 6 heteroatoms. The van der Waals surface area contributed by atoms with E-state index in [4.69, 9.17) is 0 Å². The second kappa shape index (κ2) is 6.97. The Morgan fingerprint density at radius 3 is 2.92 bits per heavy atom. The van der Waals surface area contributed by atoms with Crippen LogP contribution in [0.4, 0.5) is 10.2 Å². The number of aromatic nitrogens is 1. The molecule has 0 aliphatic carbocycles. The fourth-order valence-electron chi connectivity index (χ4n) is 3.05. The zero-order valence-electron chi connectivity index (χ0n) is 13.4. The minimum atomic E-state index is -0.497. The second-order valence-electron chi connectivity index (χ2n) is 5.88. The number of aliphatic hydroxyl groups is 1. The van der Waals surface area contributed by atoms with Gasteiger partial charge in [0.2, 0.25) is 0 Å². The summed E-state index contributed by atoms with van der Waals surface area (Å²) in [5, 5.41) is 12.8. The maximum absolute atomic E-state index is 13.5. The van der Waals surface area contributed by atoms with E-state index in [1.54, 1.807) is 18.2 Å². The zero-order valence-corrected chi connectivity index (χ0v) is 13.4. The number of hydrogen-bond acceptors (Lipinski definition) is 4. The molecule has 2 heterocycles. The SMILES string of the molecule is CCNC(=O)c1ccc(N2C[C@H](O)C[C@H]2c2cccc(F)c2)nc1. The van der Waals surface area contributed by atoms with Crippen molar-refractivity contribution < 1.29 is 14.3 Å². The van der Waals surface area contributed by atoms with Gasteiger partial charge in [0.1, 0.15) is 11.6 Å². The van der Waals surface area contributed by atoms with Gasteiger partial charge >= 0.3 is 0 Å². The summed E-state index contributed by atoms with van der Waals surface area (Å²) in [6, 6.07) is 9.73. The third-order valence-corrected chi connectivity index (χ3v) is 4.15. The molecule has 1 aliphatic heterocycles. The summed E-state index contributed by atoms with van der Waals surface area (Å²) in [4.78, 5) is 18.1. The highest BCUT2D eigenvalue weighted by molar-refractivity contribution is 5.94. The average Bonchev–Trinajstić information content (AvgIpc) is 2.97. The van der Waals surface area contributed by atoms with Crippen molar-refractivity contribution in [2.24, 2.45) is 0 Å². The summed E-state index contributed by atoms with van der Waals surface area (Å²) in [6.07, 6.45) is 1.54. The molecule has 1 aromatic heterocycles. The van der Waals surface area contributed by atoms with Gasteiger partial charge in [-0.25, -0.2) is 9.37 Å². The van der Waals surface area contributed by atoms with E-state index in [9.17, 15) is 14.3 Å². The van der Waals surface area contributed by atoms with E-state index in [-0.39, 0.29) is 17.8 Å². The summed E-state index contributed by atoms with van der Waals surface area (Å²) in [7, 11) is 0. The molecule has 3 rings (SSSR count). The van der Waals surface area contributed by atoms with Crippen LogP contribution in [0.3, 0.4) is 0 Å². The molecule has 1 saturated heterocycles. The number of anilines is 1. The second-order valence-corrected chi connectivity index (χ2v) is 5.88. The number of halogens is 1. The topological polar surface area (TPSA) is 65.5 Å². The number of benzene rings is 1. The number of amides is 1. The van der Waals surface area contributed by atoms with E-state index in [2.05, 4.69) is 10.3 Å². The number of carbonyl (C=O) groups excluding carboxylic acids is 1. The predicted octanol–water partition coefficient (Wildman–Crippen LogP) is 2.28. The van der Waals surface area contributed by atoms with Gasteiger partial charge in [0.05, 0.1) is 17.7 Å². The van der Waals surface area contributed by atoms with Crippen LogP contribution >= 0.6 is 0 Å². The van der Waals surface area contributed by atoms with Gasteiger partial charge in [-0.05, 0) is 43.2 Å². The zero-order chi connectivity index (χ0) is 17.1. The van der Waals surface area contributed by atoms with Crippen LogP contribution in [0.25, 0.3) is 0 Å². The lowest BCUT2D eigenvalue weighted by molar-refractivity contribution is 0.0955. The molecule has 5 nitrogen and oxygen atoms in total. The summed E-state index contributed by atoms with van der Waals surface area (Å²) in [5.41, 5.74) is 1.30. The van der Waals surface area contributed by atoms with E-state index < -0.39 is 6.10 Å². The molecule has 126 valence electrons. The lowest BCUT2D eigenvalue weighted by Crippen LogP contribution is -2.26. The van der Waals surface area contributed by atoms with Crippen LogP contribution in [0.1, 0.15) is 35.3 Å². The first-order chi connectivity index (χ1) is 11.6. The molecule has 1 aromatic carbocycles. The Hall–Kier alpha value is -2.47. The van der Waals surface area contributed by atoms with Gasteiger partial charge in [0.25, 0.3) is 5.91 Å². The summed E-state index contributed by atoms with van der Waals surface area (Å²) < 4.78 is 13.5. The van der Waals surface area contributed by atoms with Gasteiger partial charge < -0.3 is 15.3 Å². The fraction of sp³-hybridized carbons (Fsp3) is 0.333. The van der Waals surface area contributed by atoms with E-state index in [0.717, 1.165) is 5.56 Å². The lowest BCUT2D eigenvalue weighted by atomic mass is 10.0. The first-order valence-electron chi connectivity index (χ1n) is 8.03. The molecule has 2 atom stereocenters. The average molecular weight is 329 g/mol. The lowest BCUT2D eigenvalue weighted by Gasteiger charge is -2.26. The maximum Gasteiger partial charge on any atom is 0.252 e. The number of carbonyl (C=O) groups is 1. The molecule has 0 unspecified atom stereocenters. The highest BCUT2D eigenvalue weighted by Crippen LogP contribution is 2.35. The minimum Gasteiger partial charge on any atom is -0.391 e. The Balaban J connectivity index is 1.85. The summed E-state index contributed by atoms with van der Waals surface area (Å²) >= 11 is 0. The van der Waals surface area contributed by atoms with E-state index >= 15 is 0 Å². The molecular weight excluding hydrogens is 309 g/mol. The Bertz CT molecular complexity index is 720. The monoisotopic (exact) mass is 329 g/mol. The number of rotatable bonds is 4. The summed E-state index contributed by atoms with van der Waals surface area (Å²) in [6.45, 7) is 2.84. The first kappa shape index (κ1) is 16.4. The fourth-order valence-corrected chi connectivity index (χ4v) is 3.05. The molecule has 1 aliphatic rings. The molecule has 0 bridgehead atoms. The molecule has 0 saturated carbocycles. The maximum atomic E-state index is 13.5. The molecule has 1 fully saturated rings. The van der Waals surface area contributed by atoms with Crippen LogP contribution in [0, 0.1) is 5.82 Å². The molecule has 24 heavy (non-hydrogen) atoms. The predicted molar refractivity (Wildman–Crippen MR) is 89.4 cm³/mol. The molecule has 2 N–H and O–H groups in total. The third-order valence-electron chi connectivity index (χ3n) is 4.15. The number of nitrogens with one attached hydrogen (secondary N) is 1. The van der Waals surface area contributed by atoms with Crippen LogP contribution in [-0.4, -0.2) is 35.2 Å². The summed E-state index contributed by atoms with van der Waals surface area (Å²) in [5.74, 6) is 0.196. The van der Waals surface area contributed by atoms with Crippen molar-refractivity contribution in [3.05, 3.63) is 59.5 Å². The standard InChI is InChI=1S/C18H20FN3O2/c1-2-20-18(24)13-6-7-17(21-10-13)22-11-15(23)9-16(22)12-4-3-5-14(19)8-12/h3-8,10,15-16,23H,2,9,11H2,1H3,(H,20,24)/t15-,16+/m1/s1. The Kier molecular flexibility index (Phi) is 4.76. The first-order valence-corrected chi connectivity index (χ1v) is 8.03. The highest BCUT2D eigenvalue weighted by Gasteiger charge is 2.33. The van der Waals surface area contributed by atoms with Crippen molar-refractivity contribution in [1.82, 2.24) is 10.3 Å². The molecule has 0 spiro atoms. The molecular formula is C18H20FN3O2. The van der Waals surface area contributed by atoms with Crippen LogP contribution in [-0.2, 0) is 0 Å². The molecule has 0 radical (unpaired) electrons. The van der Waals surface area contributed by atoms with Crippen molar-refractivity contribution >= 4 is 11.7 Å². The van der Waals surface area contributed by atoms with Crippen molar-refractivity contribution in [2.45, 2.75) is 25.5 Å². The van der Waals surface area contributed by atoms with Gasteiger partial charge in [-0.1, -0.05) is 12.1 Å². The third kappa shape index (κ3) is 3.38. The Labute approximate surface area is 140 Å². The normalized spacial score (nSPS) is 20.2. The molecule has 2 aromatic rings. The van der Waals surface area contributed by atoms with Gasteiger partial charge in [0, 0.05) is 19.3 Å². The Morgan fingerprint density at radius 2 is 2.25 bits per heavy atom. The number of β-amino-alcohol motifs (C(OH)–C–C–N with tert-alkyl or cyclic N) is 1. The van der Waals surface area contributed by atoms with E-state index in [1.807, 2.05) is 17.9 Å². The number of nitrogens with zero attached hydrogens (tertiary/aromatic N) is 2. The van der Waals surface area contributed by atoms with Gasteiger partial charge in [-0.3, -0.25) is 4.79 Å². The van der Waals surface area contributed by atoms with Gasteiger partial charge in [-0.15, -0.1) is 0 Å². The quantitative estimate of drug-likeness (QED) is 0.903. The van der Waals surface area contributed by atoms with Crippen LogP contribution < -0.4 is 10.2 Å². The van der Waals surface area contributed by atoms with E-state index in [1.165, 1.54) is 18.3 Å². The number of hydrogen-bond donors (Lipinski definition) is 2. The van der Waals surface area contributed by atoms with E-state index in [0.29, 0.717) is 30.9 Å². The number of aliphatic hydroxyl groups excluding tert-OH is 1. The van der Waals surface area contributed by atoms with Gasteiger partial charge in [-0.2, -0.15) is 0 Å². The van der Waals surface area contributed by atoms with Crippen molar-refractivity contribution in [1.29, 1.82) is 0 Å². The smallest absolute Gasteiger partial charge is 0.252 e. The van der Waals surface area contributed by atoms with Crippen LogP contribution in [0.5, 0.6) is 0 Å². The largest absolute Gasteiger partial charge is 0.391 e. The van der Waals surface area contributed by atoms with Crippen molar-refractivity contribution in [3.8, 4) is 0 Å².